The van der Waals surface area contributed by atoms with Crippen LogP contribution in [0.2, 0.25) is 5.02 Å². The Balaban J connectivity index is 1.18. The molecule has 4 aromatic rings. The maximum Gasteiger partial charge on any atom is 0.260 e. The summed E-state index contributed by atoms with van der Waals surface area (Å²) in [6.45, 7) is 6.37. The number of halogens is 1. The maximum absolute atomic E-state index is 14.8. The number of nitrogens with zero attached hydrogens (tertiary/aromatic N) is 5. The molecule has 5 aliphatic rings. The molecule has 240 valence electrons. The van der Waals surface area contributed by atoms with E-state index in [1.54, 1.807) is 0 Å². The number of rotatable bonds is 6. The summed E-state index contributed by atoms with van der Waals surface area (Å²) in [7, 11) is 4.37. The Kier molecular flexibility index (Phi) is 7.41. The van der Waals surface area contributed by atoms with E-state index in [-0.39, 0.29) is 11.1 Å². The van der Waals surface area contributed by atoms with Crippen molar-refractivity contribution in [2.45, 2.75) is 76.8 Å². The quantitative estimate of drug-likeness (QED) is 0.232. The zero-order chi connectivity index (χ0) is 31.7. The third kappa shape index (κ3) is 5.11. The number of fused-ring (bicyclic) bond motifs is 1. The van der Waals surface area contributed by atoms with Crippen LogP contribution < -0.4 is 15.8 Å². The highest BCUT2D eigenvalue weighted by Gasteiger charge is 2.53. The van der Waals surface area contributed by atoms with Gasteiger partial charge in [-0.2, -0.15) is 4.98 Å². The first-order valence-electron chi connectivity index (χ1n) is 17.2. The van der Waals surface area contributed by atoms with Gasteiger partial charge in [0.1, 0.15) is 5.65 Å². The topological polar surface area (TPSA) is 66.3 Å². The average molecular weight is 637 g/mol. The van der Waals surface area contributed by atoms with Crippen LogP contribution in [0.4, 0.5) is 17.3 Å². The van der Waals surface area contributed by atoms with Crippen molar-refractivity contribution in [2.75, 3.05) is 37.4 Å². The predicted molar refractivity (Wildman–Crippen MR) is 189 cm³/mol. The minimum Gasteiger partial charge on any atom is -0.371 e. The summed E-state index contributed by atoms with van der Waals surface area (Å²) in [6.07, 6.45) is 11.4. The zero-order valence-electron chi connectivity index (χ0n) is 27.5. The second kappa shape index (κ2) is 11.4. The first-order chi connectivity index (χ1) is 22.2. The molecule has 1 N–H and O–H groups in total. The molecule has 0 unspecified atom stereocenters. The Labute approximate surface area is 277 Å². The van der Waals surface area contributed by atoms with Crippen LogP contribution in [-0.2, 0) is 5.54 Å². The number of benzene rings is 2. The molecule has 2 aromatic carbocycles. The van der Waals surface area contributed by atoms with Gasteiger partial charge in [0.2, 0.25) is 5.95 Å². The van der Waals surface area contributed by atoms with E-state index in [1.807, 2.05) is 37.4 Å². The number of piperidine rings is 1. The summed E-state index contributed by atoms with van der Waals surface area (Å²) in [4.78, 5) is 29.7. The number of anilines is 3. The molecule has 2 aromatic heterocycles. The first kappa shape index (κ1) is 29.9. The van der Waals surface area contributed by atoms with Gasteiger partial charge in [-0.25, -0.2) is 4.98 Å². The van der Waals surface area contributed by atoms with Gasteiger partial charge in [-0.3, -0.25) is 9.36 Å². The average Bonchev–Trinajstić information content (AvgIpc) is 3.01. The van der Waals surface area contributed by atoms with Crippen LogP contribution in [0.1, 0.15) is 62.5 Å². The van der Waals surface area contributed by atoms with Crippen LogP contribution >= 0.6 is 11.6 Å². The molecular formula is C38H45ClN6O. The van der Waals surface area contributed by atoms with Crippen LogP contribution in [0.3, 0.4) is 0 Å². The van der Waals surface area contributed by atoms with E-state index in [2.05, 4.69) is 58.9 Å². The van der Waals surface area contributed by atoms with E-state index in [1.165, 1.54) is 43.4 Å². The standard InChI is InChI=1S/C38H45ClN6O/c1-23-15-30(9-10-33(23)44-13-11-31(12-14-44)43(3)4)41-37-40-22-32-24(2)34(28-5-7-29(39)8-6-28)36(46)45(35(32)42-37)38-19-25-16-26(20-38)18-27(17-25)21-38/h5-10,15,22,25-27,31H,11-14,16-21H2,1-4H3,(H,40,41,42). The third-order valence-corrected chi connectivity index (χ3v) is 12.0. The van der Waals surface area contributed by atoms with E-state index >= 15 is 0 Å². The summed E-state index contributed by atoms with van der Waals surface area (Å²) in [5.74, 6) is 2.62. The molecule has 9 rings (SSSR count). The molecule has 8 heteroatoms. The second-order valence-electron chi connectivity index (χ2n) is 15.0. The monoisotopic (exact) mass is 636 g/mol. The lowest BCUT2D eigenvalue weighted by Gasteiger charge is -2.57. The Morgan fingerprint density at radius 3 is 2.20 bits per heavy atom. The van der Waals surface area contributed by atoms with Crippen molar-refractivity contribution in [3.8, 4) is 11.1 Å². The van der Waals surface area contributed by atoms with Crippen molar-refractivity contribution >= 4 is 40.0 Å². The molecule has 1 saturated heterocycles. The third-order valence-electron chi connectivity index (χ3n) is 11.8. The highest BCUT2D eigenvalue weighted by molar-refractivity contribution is 6.30. The molecule has 0 amide bonds. The maximum atomic E-state index is 14.8. The number of hydrogen-bond acceptors (Lipinski definition) is 6. The van der Waals surface area contributed by atoms with Crippen molar-refractivity contribution in [3.63, 3.8) is 0 Å². The Morgan fingerprint density at radius 2 is 1.59 bits per heavy atom. The highest BCUT2D eigenvalue weighted by Crippen LogP contribution is 2.59. The number of hydrogen-bond donors (Lipinski definition) is 1. The van der Waals surface area contributed by atoms with Crippen molar-refractivity contribution < 1.29 is 0 Å². The molecule has 7 nitrogen and oxygen atoms in total. The molecule has 0 radical (unpaired) electrons. The van der Waals surface area contributed by atoms with Gasteiger partial charge in [0.25, 0.3) is 5.56 Å². The summed E-state index contributed by atoms with van der Waals surface area (Å²) >= 11 is 6.26. The van der Waals surface area contributed by atoms with Gasteiger partial charge in [0.15, 0.2) is 0 Å². The first-order valence-corrected chi connectivity index (χ1v) is 17.5. The molecule has 4 aliphatic carbocycles. The van der Waals surface area contributed by atoms with E-state index in [9.17, 15) is 4.79 Å². The summed E-state index contributed by atoms with van der Waals surface area (Å²) in [5, 5.41) is 5.11. The number of aryl methyl sites for hydroxylation is 2. The summed E-state index contributed by atoms with van der Waals surface area (Å²) in [6, 6.07) is 14.9. The van der Waals surface area contributed by atoms with Gasteiger partial charge >= 0.3 is 0 Å². The second-order valence-corrected chi connectivity index (χ2v) is 15.5. The summed E-state index contributed by atoms with van der Waals surface area (Å²) < 4.78 is 2.13. The number of aromatic nitrogens is 3. The molecule has 0 atom stereocenters. The number of nitrogens with one attached hydrogen (secondary N) is 1. The van der Waals surface area contributed by atoms with E-state index in [4.69, 9.17) is 21.6 Å². The largest absolute Gasteiger partial charge is 0.371 e. The van der Waals surface area contributed by atoms with Crippen LogP contribution in [0.5, 0.6) is 0 Å². The van der Waals surface area contributed by atoms with Gasteiger partial charge in [0, 0.05) is 47.1 Å². The van der Waals surface area contributed by atoms with Crippen molar-refractivity contribution in [2.24, 2.45) is 17.8 Å². The van der Waals surface area contributed by atoms with Crippen LogP contribution in [0, 0.1) is 31.6 Å². The van der Waals surface area contributed by atoms with Gasteiger partial charge in [-0.05, 0) is 144 Å². The van der Waals surface area contributed by atoms with Crippen molar-refractivity contribution in [1.29, 1.82) is 0 Å². The molecular weight excluding hydrogens is 592 g/mol. The lowest BCUT2D eigenvalue weighted by Crippen LogP contribution is -2.55. The summed E-state index contributed by atoms with van der Waals surface area (Å²) in [5.41, 5.74) is 6.69. The van der Waals surface area contributed by atoms with Gasteiger partial charge in [-0.15, -0.1) is 0 Å². The van der Waals surface area contributed by atoms with Gasteiger partial charge in [0.05, 0.1) is 11.1 Å². The smallest absolute Gasteiger partial charge is 0.260 e. The minimum atomic E-state index is -0.192. The zero-order valence-corrected chi connectivity index (χ0v) is 28.3. The Hall–Kier alpha value is -3.42. The fourth-order valence-electron chi connectivity index (χ4n) is 9.95. The number of pyridine rings is 1. The lowest BCUT2D eigenvalue weighted by molar-refractivity contribution is -0.0426. The predicted octanol–water partition coefficient (Wildman–Crippen LogP) is 7.93. The van der Waals surface area contributed by atoms with E-state index < -0.39 is 0 Å². The molecule has 0 spiro atoms. The molecule has 5 fully saturated rings. The Morgan fingerprint density at radius 1 is 0.935 bits per heavy atom. The van der Waals surface area contributed by atoms with E-state index in [0.29, 0.717) is 34.8 Å². The molecule has 4 saturated carbocycles. The SMILES string of the molecule is Cc1cc(Nc2ncc3c(C)c(-c4ccc(Cl)cc4)c(=O)n(C45CC6CC(CC(C6)C4)C5)c3n2)ccc1N1CCC(N(C)C)CC1. The van der Waals surface area contributed by atoms with Crippen LogP contribution in [0.25, 0.3) is 22.2 Å². The molecule has 3 heterocycles. The fraction of sp³-hybridized carbons (Fsp3) is 0.500. The lowest BCUT2D eigenvalue weighted by atomic mass is 9.53. The fourth-order valence-corrected chi connectivity index (χ4v) is 10.1. The molecule has 1 aliphatic heterocycles. The van der Waals surface area contributed by atoms with Gasteiger partial charge in [-0.1, -0.05) is 23.7 Å². The van der Waals surface area contributed by atoms with Gasteiger partial charge < -0.3 is 15.1 Å². The Bertz CT molecular complexity index is 1820. The molecule has 46 heavy (non-hydrogen) atoms. The van der Waals surface area contributed by atoms with Crippen molar-refractivity contribution in [1.82, 2.24) is 19.4 Å². The van der Waals surface area contributed by atoms with Crippen molar-refractivity contribution in [3.05, 3.63) is 75.2 Å². The normalized spacial score (nSPS) is 26.0. The minimum absolute atomic E-state index is 0.0668. The van der Waals surface area contributed by atoms with E-state index in [0.717, 1.165) is 65.8 Å². The van der Waals surface area contributed by atoms with Crippen LogP contribution in [0.15, 0.2) is 53.5 Å². The molecule has 4 bridgehead atoms. The van der Waals surface area contributed by atoms with Crippen LogP contribution in [-0.4, -0.2) is 52.7 Å². The highest BCUT2D eigenvalue weighted by atomic mass is 35.5.